The van der Waals surface area contributed by atoms with Crippen LogP contribution in [-0.4, -0.2) is 44.6 Å². The molecular formula is C16H17ClN4O3S. The van der Waals surface area contributed by atoms with E-state index in [0.717, 1.165) is 0 Å². The third-order valence-corrected chi connectivity index (χ3v) is 4.52. The van der Waals surface area contributed by atoms with Crippen molar-refractivity contribution in [3.63, 3.8) is 0 Å². The number of rotatable bonds is 5. The summed E-state index contributed by atoms with van der Waals surface area (Å²) in [5.74, 6) is -0.305. The summed E-state index contributed by atoms with van der Waals surface area (Å²) in [5, 5.41) is 2.87. The van der Waals surface area contributed by atoms with Gasteiger partial charge in [0.25, 0.3) is 10.0 Å². The molecule has 0 fully saturated rings. The van der Waals surface area contributed by atoms with E-state index < -0.39 is 10.0 Å². The Hall–Kier alpha value is -2.45. The third-order valence-electron chi connectivity index (χ3n) is 3.04. The number of sulfonamides is 1. The second-order valence-corrected chi connectivity index (χ2v) is 7.41. The van der Waals surface area contributed by atoms with Gasteiger partial charge in [-0.1, -0.05) is 17.7 Å². The van der Waals surface area contributed by atoms with Crippen LogP contribution in [-0.2, 0) is 14.8 Å². The van der Waals surface area contributed by atoms with Gasteiger partial charge in [-0.2, -0.15) is 8.42 Å². The fourth-order valence-electron chi connectivity index (χ4n) is 2.00. The van der Waals surface area contributed by atoms with Crippen molar-refractivity contribution < 1.29 is 13.2 Å². The number of aromatic nitrogens is 1. The number of carbonyl (C=O) groups excluding carboxylic acids is 1. The van der Waals surface area contributed by atoms with Gasteiger partial charge < -0.3 is 10.2 Å². The molecule has 9 heteroatoms. The van der Waals surface area contributed by atoms with Crippen molar-refractivity contribution in [3.8, 4) is 11.1 Å². The molecule has 0 aliphatic heterocycles. The fraction of sp³-hybridized carbons (Fsp3) is 0.188. The zero-order chi connectivity index (χ0) is 18.6. The fourth-order valence-corrected chi connectivity index (χ4v) is 3.28. The number of amides is 1. The molecule has 2 rings (SSSR count). The third kappa shape index (κ3) is 5.01. The summed E-state index contributed by atoms with van der Waals surface area (Å²) >= 11 is 5.79. The van der Waals surface area contributed by atoms with E-state index >= 15 is 0 Å². The van der Waals surface area contributed by atoms with E-state index in [1.807, 2.05) is 0 Å². The van der Waals surface area contributed by atoms with Crippen LogP contribution in [0.15, 0.2) is 45.8 Å². The van der Waals surface area contributed by atoms with E-state index in [-0.39, 0.29) is 10.8 Å². The Labute approximate surface area is 151 Å². The molecule has 0 atom stereocenters. The summed E-state index contributed by atoms with van der Waals surface area (Å²) in [6, 6.07) is 7.80. The SMILES string of the molecule is CC(=O)Nc1ccc(-c2ccc(Cl)nc2)c(S(=O)(=O)/N=C/N(C)C)c1. The number of anilines is 1. The molecule has 0 saturated carbocycles. The van der Waals surface area contributed by atoms with Crippen molar-refractivity contribution in [3.05, 3.63) is 41.7 Å². The summed E-state index contributed by atoms with van der Waals surface area (Å²) < 4.78 is 29.0. The molecule has 0 radical (unpaired) electrons. The normalized spacial score (nSPS) is 11.5. The quantitative estimate of drug-likeness (QED) is 0.489. The van der Waals surface area contributed by atoms with Crippen LogP contribution >= 0.6 is 11.6 Å². The van der Waals surface area contributed by atoms with Gasteiger partial charge >= 0.3 is 0 Å². The molecule has 2 aromatic rings. The van der Waals surface area contributed by atoms with Gasteiger partial charge in [-0.05, 0) is 24.3 Å². The van der Waals surface area contributed by atoms with E-state index in [2.05, 4.69) is 14.7 Å². The molecule has 1 aromatic carbocycles. The number of nitrogens with one attached hydrogen (secondary N) is 1. The van der Waals surface area contributed by atoms with E-state index in [4.69, 9.17) is 11.6 Å². The van der Waals surface area contributed by atoms with E-state index in [9.17, 15) is 13.2 Å². The molecule has 0 saturated heterocycles. The topological polar surface area (TPSA) is 91.7 Å². The van der Waals surface area contributed by atoms with Crippen molar-refractivity contribution in [2.24, 2.45) is 4.40 Å². The maximum atomic E-state index is 12.7. The zero-order valence-electron chi connectivity index (χ0n) is 13.9. The van der Waals surface area contributed by atoms with Crippen LogP contribution in [0.2, 0.25) is 5.15 Å². The van der Waals surface area contributed by atoms with Crippen LogP contribution < -0.4 is 5.32 Å². The summed E-state index contributed by atoms with van der Waals surface area (Å²) in [4.78, 5) is 16.7. The first-order valence-electron chi connectivity index (χ1n) is 7.19. The minimum absolute atomic E-state index is 0.0408. The van der Waals surface area contributed by atoms with Gasteiger partial charge in [-0.3, -0.25) is 4.79 Å². The Morgan fingerprint density at radius 1 is 1.28 bits per heavy atom. The van der Waals surface area contributed by atoms with Crippen LogP contribution in [0.3, 0.4) is 0 Å². The first-order valence-corrected chi connectivity index (χ1v) is 9.01. The minimum Gasteiger partial charge on any atom is -0.368 e. The maximum absolute atomic E-state index is 12.7. The second-order valence-electron chi connectivity index (χ2n) is 5.42. The molecule has 7 nitrogen and oxygen atoms in total. The average Bonchev–Trinajstić information content (AvgIpc) is 2.53. The Morgan fingerprint density at radius 3 is 2.56 bits per heavy atom. The highest BCUT2D eigenvalue weighted by Gasteiger charge is 2.20. The number of benzene rings is 1. The number of carbonyl (C=O) groups is 1. The largest absolute Gasteiger partial charge is 0.368 e. The predicted molar refractivity (Wildman–Crippen MR) is 98.4 cm³/mol. The van der Waals surface area contributed by atoms with Gasteiger partial charge in [0.05, 0.1) is 4.90 Å². The number of hydrogen-bond acceptors (Lipinski definition) is 4. The Balaban J connectivity index is 2.63. The number of pyridine rings is 1. The van der Waals surface area contributed by atoms with Gasteiger partial charge in [0.2, 0.25) is 5.91 Å². The lowest BCUT2D eigenvalue weighted by Gasteiger charge is -2.11. The van der Waals surface area contributed by atoms with Crippen molar-refractivity contribution in [2.75, 3.05) is 19.4 Å². The van der Waals surface area contributed by atoms with Crippen LogP contribution in [0.5, 0.6) is 0 Å². The van der Waals surface area contributed by atoms with Crippen LogP contribution in [0.4, 0.5) is 5.69 Å². The summed E-state index contributed by atoms with van der Waals surface area (Å²) in [5.41, 5.74) is 1.34. The zero-order valence-corrected chi connectivity index (χ0v) is 15.5. The highest BCUT2D eigenvalue weighted by molar-refractivity contribution is 7.90. The summed E-state index contributed by atoms with van der Waals surface area (Å²) in [6.45, 7) is 1.34. The van der Waals surface area contributed by atoms with Crippen molar-refractivity contribution in [1.29, 1.82) is 0 Å². The average molecular weight is 381 g/mol. The van der Waals surface area contributed by atoms with Gasteiger partial charge in [0.15, 0.2) is 0 Å². The molecule has 0 bridgehead atoms. The summed E-state index contributed by atoms with van der Waals surface area (Å²) in [7, 11) is -0.660. The molecule has 1 heterocycles. The molecule has 1 aromatic heterocycles. The molecule has 0 aliphatic rings. The first kappa shape index (κ1) is 18.9. The van der Waals surface area contributed by atoms with Gasteiger partial charge in [0, 0.05) is 44.0 Å². The number of nitrogens with zero attached hydrogens (tertiary/aromatic N) is 3. The van der Waals surface area contributed by atoms with Crippen LogP contribution in [0.25, 0.3) is 11.1 Å². The smallest absolute Gasteiger partial charge is 0.284 e. The van der Waals surface area contributed by atoms with Crippen LogP contribution in [0.1, 0.15) is 6.92 Å². The van der Waals surface area contributed by atoms with Gasteiger partial charge in [-0.15, -0.1) is 4.40 Å². The molecular weight excluding hydrogens is 364 g/mol. The van der Waals surface area contributed by atoms with E-state index in [0.29, 0.717) is 22.0 Å². The Bertz CT molecular complexity index is 909. The molecule has 0 spiro atoms. The maximum Gasteiger partial charge on any atom is 0.284 e. The molecule has 132 valence electrons. The second kappa shape index (κ2) is 7.62. The van der Waals surface area contributed by atoms with Crippen LogP contribution in [0, 0.1) is 0 Å². The molecule has 0 unspecified atom stereocenters. The monoisotopic (exact) mass is 380 g/mol. The predicted octanol–water partition coefficient (Wildman–Crippen LogP) is 2.64. The summed E-state index contributed by atoms with van der Waals surface area (Å²) in [6.07, 6.45) is 2.68. The number of halogens is 1. The molecule has 0 aliphatic carbocycles. The van der Waals surface area contributed by atoms with Crippen molar-refractivity contribution in [2.45, 2.75) is 11.8 Å². The first-order chi connectivity index (χ1) is 11.7. The molecule has 1 amide bonds. The minimum atomic E-state index is -3.99. The lowest BCUT2D eigenvalue weighted by Crippen LogP contribution is -2.11. The van der Waals surface area contributed by atoms with Crippen molar-refractivity contribution >= 4 is 39.6 Å². The Morgan fingerprint density at radius 2 is 2.00 bits per heavy atom. The lowest BCUT2D eigenvalue weighted by molar-refractivity contribution is -0.114. The lowest BCUT2D eigenvalue weighted by atomic mass is 10.1. The van der Waals surface area contributed by atoms with Gasteiger partial charge in [0.1, 0.15) is 11.5 Å². The van der Waals surface area contributed by atoms with E-state index in [1.54, 1.807) is 38.4 Å². The highest BCUT2D eigenvalue weighted by Crippen LogP contribution is 2.31. The van der Waals surface area contributed by atoms with Crippen molar-refractivity contribution in [1.82, 2.24) is 9.88 Å². The van der Waals surface area contributed by atoms with Gasteiger partial charge in [-0.25, -0.2) is 4.98 Å². The van der Waals surface area contributed by atoms with E-state index in [1.165, 1.54) is 30.4 Å². The Kier molecular flexibility index (Phi) is 5.76. The highest BCUT2D eigenvalue weighted by atomic mass is 35.5. The number of hydrogen-bond donors (Lipinski definition) is 1. The standard InChI is InChI=1S/C16H17ClN4O3S/c1-11(22)20-13-5-6-14(12-4-7-16(17)18-9-12)15(8-13)25(23,24)19-10-21(2)3/h4-10H,1-3H3,(H,20,22)/b19-10+. The molecule has 1 N–H and O–H groups in total. The molecule has 25 heavy (non-hydrogen) atoms.